The summed E-state index contributed by atoms with van der Waals surface area (Å²) in [5.41, 5.74) is 3.93. The molecule has 0 amide bonds. The maximum atomic E-state index is 11.1. The molecule has 0 saturated heterocycles. The van der Waals surface area contributed by atoms with Crippen molar-refractivity contribution in [1.29, 1.82) is 0 Å². The number of halogens is 3. The smallest absolute Gasteiger partial charge is 0.145 e. The third-order valence-electron chi connectivity index (χ3n) is 5.06. The van der Waals surface area contributed by atoms with Crippen LogP contribution < -0.4 is 0 Å². The van der Waals surface area contributed by atoms with E-state index in [0.717, 1.165) is 27.8 Å². The summed E-state index contributed by atoms with van der Waals surface area (Å²) in [6.07, 6.45) is 3.81. The van der Waals surface area contributed by atoms with Crippen LogP contribution in [0.5, 0.6) is 5.75 Å². The van der Waals surface area contributed by atoms with Gasteiger partial charge in [-0.1, -0.05) is 65.1 Å². The maximum Gasteiger partial charge on any atom is 0.145 e. The zero-order valence-electron chi connectivity index (χ0n) is 15.5. The quantitative estimate of drug-likeness (QED) is 0.370. The van der Waals surface area contributed by atoms with Crippen LogP contribution in [-0.4, -0.2) is 15.1 Å². The van der Waals surface area contributed by atoms with Gasteiger partial charge in [0.1, 0.15) is 11.3 Å². The number of aromatic nitrogens is 2. The molecule has 4 aromatic rings. The molecular formula is C23H17Cl3N2O. The molecule has 0 saturated carbocycles. The number of pyridine rings is 2. The fraction of sp³-hybridized carbons (Fsp3) is 0.130. The van der Waals surface area contributed by atoms with Crippen LogP contribution in [0.3, 0.4) is 0 Å². The fourth-order valence-electron chi connectivity index (χ4n) is 3.58. The standard InChI is InChI=1S/C23H17Cl3N2O/c1-13-10-15(24)12-28-20(13)11-18(16-5-2-6-19(25)21(16)26)17-8-7-14-4-3-9-27-22(14)23(17)29/h2-10,12,18,29H,11H2,1H3. The number of hydrogen-bond donors (Lipinski definition) is 1. The number of hydrogen-bond acceptors (Lipinski definition) is 3. The average Bonchev–Trinajstić information content (AvgIpc) is 2.71. The van der Waals surface area contributed by atoms with E-state index in [0.29, 0.717) is 27.0 Å². The fourth-order valence-corrected chi connectivity index (χ4v) is 4.23. The van der Waals surface area contributed by atoms with Crippen molar-refractivity contribution in [1.82, 2.24) is 9.97 Å². The van der Waals surface area contributed by atoms with E-state index in [1.54, 1.807) is 18.5 Å². The lowest BCUT2D eigenvalue weighted by atomic mass is 9.85. The van der Waals surface area contributed by atoms with Crippen molar-refractivity contribution < 1.29 is 5.11 Å². The van der Waals surface area contributed by atoms with Crippen LogP contribution >= 0.6 is 34.8 Å². The number of phenolic OH excluding ortho intramolecular Hbond substituents is 1. The van der Waals surface area contributed by atoms with E-state index in [4.69, 9.17) is 34.8 Å². The van der Waals surface area contributed by atoms with Crippen LogP contribution in [0.25, 0.3) is 10.9 Å². The van der Waals surface area contributed by atoms with E-state index >= 15 is 0 Å². The van der Waals surface area contributed by atoms with Crippen molar-refractivity contribution in [3.8, 4) is 5.75 Å². The van der Waals surface area contributed by atoms with E-state index in [2.05, 4.69) is 9.97 Å². The minimum Gasteiger partial charge on any atom is -0.505 e. The zero-order valence-corrected chi connectivity index (χ0v) is 17.8. The molecule has 0 aliphatic rings. The Kier molecular flexibility index (Phi) is 5.64. The van der Waals surface area contributed by atoms with Crippen molar-refractivity contribution in [3.05, 3.63) is 98.4 Å². The van der Waals surface area contributed by atoms with Gasteiger partial charge in [0.2, 0.25) is 0 Å². The molecule has 2 aromatic heterocycles. The first kappa shape index (κ1) is 20.0. The average molecular weight is 444 g/mol. The van der Waals surface area contributed by atoms with Gasteiger partial charge in [0.05, 0.1) is 15.1 Å². The second kappa shape index (κ2) is 8.19. The lowest BCUT2D eigenvalue weighted by molar-refractivity contribution is 0.469. The molecule has 1 N–H and O–H groups in total. The van der Waals surface area contributed by atoms with Crippen molar-refractivity contribution in [2.24, 2.45) is 0 Å². The Hall–Kier alpha value is -2.33. The number of rotatable bonds is 4. The number of nitrogens with zero attached hydrogens (tertiary/aromatic N) is 2. The Bertz CT molecular complexity index is 1210. The van der Waals surface area contributed by atoms with Gasteiger partial charge >= 0.3 is 0 Å². The molecule has 3 nitrogen and oxygen atoms in total. The first-order valence-electron chi connectivity index (χ1n) is 9.07. The molecule has 0 aliphatic carbocycles. The van der Waals surface area contributed by atoms with Crippen LogP contribution in [0.15, 0.2) is 60.9 Å². The molecule has 6 heteroatoms. The van der Waals surface area contributed by atoms with Crippen LogP contribution in [0.2, 0.25) is 15.1 Å². The van der Waals surface area contributed by atoms with Crippen molar-refractivity contribution in [2.75, 3.05) is 0 Å². The van der Waals surface area contributed by atoms with Crippen molar-refractivity contribution >= 4 is 45.7 Å². The molecule has 1 unspecified atom stereocenters. The summed E-state index contributed by atoms with van der Waals surface area (Å²) < 4.78 is 0. The van der Waals surface area contributed by atoms with Gasteiger partial charge < -0.3 is 5.11 Å². The van der Waals surface area contributed by atoms with E-state index in [1.165, 1.54) is 0 Å². The van der Waals surface area contributed by atoms with Gasteiger partial charge in [0, 0.05) is 41.4 Å². The summed E-state index contributed by atoms with van der Waals surface area (Å²) in [6, 6.07) is 15.0. The van der Waals surface area contributed by atoms with Crippen molar-refractivity contribution in [2.45, 2.75) is 19.3 Å². The van der Waals surface area contributed by atoms with Crippen LogP contribution in [0.4, 0.5) is 0 Å². The van der Waals surface area contributed by atoms with Crippen molar-refractivity contribution in [3.63, 3.8) is 0 Å². The predicted molar refractivity (Wildman–Crippen MR) is 119 cm³/mol. The number of fused-ring (bicyclic) bond motifs is 1. The number of phenols is 1. The molecule has 2 aromatic carbocycles. The second-order valence-electron chi connectivity index (χ2n) is 6.90. The highest BCUT2D eigenvalue weighted by atomic mass is 35.5. The first-order valence-corrected chi connectivity index (χ1v) is 10.2. The molecule has 146 valence electrons. The maximum absolute atomic E-state index is 11.1. The van der Waals surface area contributed by atoms with E-state index in [9.17, 15) is 5.11 Å². The van der Waals surface area contributed by atoms with E-state index in [1.807, 2.05) is 49.4 Å². The zero-order chi connectivity index (χ0) is 20.5. The minimum absolute atomic E-state index is 0.135. The van der Waals surface area contributed by atoms with Gasteiger partial charge in [-0.15, -0.1) is 0 Å². The first-order chi connectivity index (χ1) is 14.0. The predicted octanol–water partition coefficient (Wildman–Crippen LogP) is 6.98. The lowest BCUT2D eigenvalue weighted by Gasteiger charge is -2.22. The molecule has 0 radical (unpaired) electrons. The molecule has 4 rings (SSSR count). The summed E-state index contributed by atoms with van der Waals surface area (Å²) in [6.45, 7) is 1.96. The Balaban J connectivity index is 1.91. The summed E-state index contributed by atoms with van der Waals surface area (Å²) in [7, 11) is 0. The highest BCUT2D eigenvalue weighted by molar-refractivity contribution is 6.42. The molecular weight excluding hydrogens is 427 g/mol. The molecule has 0 fully saturated rings. The summed E-state index contributed by atoms with van der Waals surface area (Å²) in [4.78, 5) is 8.86. The normalized spacial score (nSPS) is 12.3. The topological polar surface area (TPSA) is 46.0 Å². The van der Waals surface area contributed by atoms with Gasteiger partial charge in [-0.3, -0.25) is 9.97 Å². The Morgan fingerprint density at radius 2 is 1.79 bits per heavy atom. The largest absolute Gasteiger partial charge is 0.505 e. The Morgan fingerprint density at radius 3 is 2.59 bits per heavy atom. The third-order valence-corrected chi connectivity index (χ3v) is 6.10. The number of aromatic hydroxyl groups is 1. The number of benzene rings is 2. The molecule has 29 heavy (non-hydrogen) atoms. The van der Waals surface area contributed by atoms with E-state index < -0.39 is 0 Å². The van der Waals surface area contributed by atoms with Crippen LogP contribution in [-0.2, 0) is 6.42 Å². The third kappa shape index (κ3) is 3.91. The summed E-state index contributed by atoms with van der Waals surface area (Å²) in [5, 5.41) is 13.4. The Morgan fingerprint density at radius 1 is 0.966 bits per heavy atom. The SMILES string of the molecule is Cc1cc(Cl)cnc1CC(c1cccc(Cl)c1Cl)c1ccc2cccnc2c1O. The summed E-state index contributed by atoms with van der Waals surface area (Å²) >= 11 is 18.9. The van der Waals surface area contributed by atoms with Crippen LogP contribution in [0.1, 0.15) is 28.3 Å². The lowest BCUT2D eigenvalue weighted by Crippen LogP contribution is -2.09. The Labute approximate surface area is 183 Å². The van der Waals surface area contributed by atoms with Gasteiger partial charge in [-0.05, 0) is 36.2 Å². The van der Waals surface area contributed by atoms with Gasteiger partial charge in [0.25, 0.3) is 0 Å². The van der Waals surface area contributed by atoms with Gasteiger partial charge in [-0.25, -0.2) is 0 Å². The molecule has 1 atom stereocenters. The van der Waals surface area contributed by atoms with Gasteiger partial charge in [-0.2, -0.15) is 0 Å². The summed E-state index contributed by atoms with van der Waals surface area (Å²) in [5.74, 6) is -0.129. The van der Waals surface area contributed by atoms with Crippen LogP contribution in [0, 0.1) is 6.92 Å². The molecule has 2 heterocycles. The molecule has 0 aliphatic heterocycles. The number of aryl methyl sites for hydroxylation is 1. The molecule has 0 spiro atoms. The minimum atomic E-state index is -0.264. The second-order valence-corrected chi connectivity index (χ2v) is 8.12. The monoisotopic (exact) mass is 442 g/mol. The van der Waals surface area contributed by atoms with E-state index in [-0.39, 0.29) is 11.7 Å². The van der Waals surface area contributed by atoms with Gasteiger partial charge in [0.15, 0.2) is 0 Å². The highest BCUT2D eigenvalue weighted by Crippen LogP contribution is 2.41. The molecule has 0 bridgehead atoms. The highest BCUT2D eigenvalue weighted by Gasteiger charge is 2.24.